The zero-order valence-electron chi connectivity index (χ0n) is 15.4. The Morgan fingerprint density at radius 1 is 0.958 bits per heavy atom. The Hall–Kier alpha value is -0.650. The number of carbonyl (C=O) groups is 1. The third kappa shape index (κ3) is 4.70. The van der Waals surface area contributed by atoms with E-state index in [0.717, 1.165) is 58.4 Å². The smallest absolute Gasteiger partial charge is 0.237 e. The Morgan fingerprint density at radius 2 is 1.67 bits per heavy atom. The van der Waals surface area contributed by atoms with Crippen molar-refractivity contribution in [2.75, 3.05) is 59.0 Å². The first-order chi connectivity index (χ1) is 11.8. The molecule has 5 heteroatoms. The summed E-state index contributed by atoms with van der Waals surface area (Å²) in [4.78, 5) is 19.9. The van der Waals surface area contributed by atoms with Crippen molar-refractivity contribution in [1.82, 2.24) is 14.7 Å². The molecule has 2 saturated heterocycles. The van der Waals surface area contributed by atoms with Crippen molar-refractivity contribution in [2.24, 2.45) is 5.92 Å². The second kappa shape index (κ2) is 9.16. The maximum absolute atomic E-state index is 12.9. The lowest BCUT2D eigenvalue weighted by atomic mass is 9.78. The van der Waals surface area contributed by atoms with Crippen molar-refractivity contribution in [2.45, 2.75) is 51.5 Å². The van der Waals surface area contributed by atoms with Crippen molar-refractivity contribution in [3.05, 3.63) is 0 Å². The highest BCUT2D eigenvalue weighted by molar-refractivity contribution is 5.78. The van der Waals surface area contributed by atoms with Crippen LogP contribution in [0.3, 0.4) is 0 Å². The number of carbonyl (C=O) groups excluding carboxylic acids is 1. The van der Waals surface area contributed by atoms with E-state index in [1.165, 1.54) is 38.5 Å². The molecular weight excluding hydrogens is 302 g/mol. The third-order valence-corrected chi connectivity index (χ3v) is 6.14. The van der Waals surface area contributed by atoms with Crippen LogP contribution >= 0.6 is 0 Å². The van der Waals surface area contributed by atoms with Crippen molar-refractivity contribution in [1.29, 1.82) is 0 Å². The maximum atomic E-state index is 12.9. The number of hydrogen-bond acceptors (Lipinski definition) is 4. The molecule has 2 aliphatic heterocycles. The van der Waals surface area contributed by atoms with Gasteiger partial charge < -0.3 is 9.64 Å². The minimum atomic E-state index is 0.384. The summed E-state index contributed by atoms with van der Waals surface area (Å²) >= 11 is 0. The van der Waals surface area contributed by atoms with E-state index in [1.807, 2.05) is 6.92 Å². The van der Waals surface area contributed by atoms with Crippen molar-refractivity contribution in [3.8, 4) is 0 Å². The van der Waals surface area contributed by atoms with Crippen LogP contribution in [0.5, 0.6) is 0 Å². The molecule has 24 heavy (non-hydrogen) atoms. The number of nitrogens with zero attached hydrogens (tertiary/aromatic N) is 3. The summed E-state index contributed by atoms with van der Waals surface area (Å²) in [5, 5.41) is 0. The number of likely N-dealkylation sites (tertiary alicyclic amines) is 1. The Kier molecular flexibility index (Phi) is 6.93. The molecule has 0 radical (unpaired) electrons. The molecule has 3 rings (SSSR count). The first kappa shape index (κ1) is 18.2. The number of fused-ring (bicyclic) bond motifs is 1. The Balaban J connectivity index is 1.42. The molecule has 5 nitrogen and oxygen atoms in total. The van der Waals surface area contributed by atoms with Gasteiger partial charge in [-0.3, -0.25) is 14.6 Å². The van der Waals surface area contributed by atoms with Gasteiger partial charge in [-0.15, -0.1) is 0 Å². The van der Waals surface area contributed by atoms with Gasteiger partial charge in [0.15, 0.2) is 0 Å². The molecule has 1 amide bonds. The summed E-state index contributed by atoms with van der Waals surface area (Å²) in [7, 11) is 0. The van der Waals surface area contributed by atoms with Gasteiger partial charge in [-0.1, -0.05) is 12.8 Å². The lowest BCUT2D eigenvalue weighted by Gasteiger charge is -2.45. The molecule has 2 atom stereocenters. The van der Waals surface area contributed by atoms with Crippen molar-refractivity contribution < 1.29 is 9.53 Å². The van der Waals surface area contributed by atoms with E-state index < -0.39 is 0 Å². The fraction of sp³-hybridized carbons (Fsp3) is 0.947. The van der Waals surface area contributed by atoms with E-state index in [2.05, 4.69) is 14.7 Å². The van der Waals surface area contributed by atoms with Gasteiger partial charge in [0.2, 0.25) is 5.91 Å². The Morgan fingerprint density at radius 3 is 2.46 bits per heavy atom. The van der Waals surface area contributed by atoms with Crippen LogP contribution in [0.25, 0.3) is 0 Å². The molecule has 3 aliphatic rings. The van der Waals surface area contributed by atoms with Crippen LogP contribution in [0.2, 0.25) is 0 Å². The fourth-order valence-electron chi connectivity index (χ4n) is 4.73. The first-order valence-corrected chi connectivity index (χ1v) is 10.1. The van der Waals surface area contributed by atoms with Gasteiger partial charge in [0.25, 0.3) is 0 Å². The molecule has 3 fully saturated rings. The molecule has 138 valence electrons. The summed E-state index contributed by atoms with van der Waals surface area (Å²) in [5.74, 6) is 1.17. The molecule has 0 spiro atoms. The first-order valence-electron chi connectivity index (χ1n) is 10.1. The number of amides is 1. The highest BCUT2D eigenvalue weighted by atomic mass is 16.5. The lowest BCUT2D eigenvalue weighted by Crippen LogP contribution is -2.55. The van der Waals surface area contributed by atoms with E-state index >= 15 is 0 Å². The van der Waals surface area contributed by atoms with Crippen LogP contribution in [-0.4, -0.2) is 85.7 Å². The van der Waals surface area contributed by atoms with Gasteiger partial charge in [-0.25, -0.2) is 0 Å². The normalized spacial score (nSPS) is 29.5. The van der Waals surface area contributed by atoms with Crippen LogP contribution in [0.4, 0.5) is 0 Å². The van der Waals surface area contributed by atoms with E-state index in [1.54, 1.807) is 0 Å². The van der Waals surface area contributed by atoms with Gasteiger partial charge in [0.1, 0.15) is 0 Å². The summed E-state index contributed by atoms with van der Waals surface area (Å²) in [6, 6.07) is 0.549. The van der Waals surface area contributed by atoms with Crippen LogP contribution in [-0.2, 0) is 9.53 Å². The Labute approximate surface area is 147 Å². The van der Waals surface area contributed by atoms with Crippen LogP contribution < -0.4 is 0 Å². The number of piperazine rings is 1. The molecule has 0 N–H and O–H groups in total. The highest BCUT2D eigenvalue weighted by Crippen LogP contribution is 2.35. The summed E-state index contributed by atoms with van der Waals surface area (Å²) in [6.07, 6.45) is 7.80. The predicted octanol–water partition coefficient (Wildman–Crippen LogP) is 1.82. The maximum Gasteiger partial charge on any atom is 0.237 e. The highest BCUT2D eigenvalue weighted by Gasteiger charge is 2.36. The molecule has 2 heterocycles. The van der Waals surface area contributed by atoms with Crippen LogP contribution in [0.15, 0.2) is 0 Å². The third-order valence-electron chi connectivity index (χ3n) is 6.14. The average molecular weight is 338 g/mol. The van der Waals surface area contributed by atoms with Gasteiger partial charge in [0.05, 0.1) is 13.2 Å². The quantitative estimate of drug-likeness (QED) is 0.693. The largest absolute Gasteiger partial charge is 0.380 e. The zero-order valence-corrected chi connectivity index (χ0v) is 15.4. The number of ether oxygens (including phenoxy) is 1. The lowest BCUT2D eigenvalue weighted by molar-refractivity contribution is -0.139. The van der Waals surface area contributed by atoms with E-state index in [4.69, 9.17) is 4.74 Å². The average Bonchev–Trinajstić information content (AvgIpc) is 2.63. The van der Waals surface area contributed by atoms with Gasteiger partial charge in [0, 0.05) is 51.9 Å². The number of hydrogen-bond donors (Lipinski definition) is 0. The van der Waals surface area contributed by atoms with Crippen molar-refractivity contribution >= 4 is 5.91 Å². The zero-order chi connectivity index (χ0) is 16.8. The monoisotopic (exact) mass is 337 g/mol. The molecular formula is C19H35N3O2. The summed E-state index contributed by atoms with van der Waals surface area (Å²) in [6.45, 7) is 10.5. The molecule has 0 aromatic heterocycles. The van der Waals surface area contributed by atoms with Crippen LogP contribution in [0.1, 0.15) is 45.4 Å². The van der Waals surface area contributed by atoms with Crippen molar-refractivity contribution in [3.63, 3.8) is 0 Å². The molecule has 0 bridgehead atoms. The molecule has 1 saturated carbocycles. The topological polar surface area (TPSA) is 36.0 Å². The van der Waals surface area contributed by atoms with Gasteiger partial charge >= 0.3 is 0 Å². The standard InChI is InChI=1S/C19H35N3O2/c1-2-24-15-14-20-10-12-21(13-11-20)16-19(23)22-9-5-7-17-6-3-4-8-18(17)22/h17-18H,2-16H2,1H3/t17-,18-/m1/s1. The predicted molar refractivity (Wildman–Crippen MR) is 96.1 cm³/mol. The second-order valence-electron chi connectivity index (χ2n) is 7.66. The van der Waals surface area contributed by atoms with Crippen LogP contribution in [0, 0.1) is 5.92 Å². The van der Waals surface area contributed by atoms with E-state index in [9.17, 15) is 4.79 Å². The summed E-state index contributed by atoms with van der Waals surface area (Å²) < 4.78 is 5.44. The fourth-order valence-corrected chi connectivity index (χ4v) is 4.73. The molecule has 0 unspecified atom stereocenters. The minimum Gasteiger partial charge on any atom is -0.380 e. The molecule has 0 aromatic rings. The second-order valence-corrected chi connectivity index (χ2v) is 7.66. The summed E-state index contributed by atoms with van der Waals surface area (Å²) in [5.41, 5.74) is 0. The molecule has 1 aliphatic carbocycles. The Bertz CT molecular complexity index is 394. The SMILES string of the molecule is CCOCCN1CCN(CC(=O)N2CCC[C@H]3CCCC[C@H]32)CC1. The number of rotatable bonds is 6. The van der Waals surface area contributed by atoms with Gasteiger partial charge in [-0.2, -0.15) is 0 Å². The minimum absolute atomic E-state index is 0.384. The van der Waals surface area contributed by atoms with E-state index in [-0.39, 0.29) is 0 Å². The van der Waals surface area contributed by atoms with Gasteiger partial charge in [-0.05, 0) is 38.5 Å². The molecule has 0 aromatic carbocycles. The number of piperidine rings is 1. The van der Waals surface area contributed by atoms with E-state index in [0.29, 0.717) is 18.5 Å².